The quantitative estimate of drug-likeness (QED) is 0.306. The summed E-state index contributed by atoms with van der Waals surface area (Å²) in [5, 5.41) is 44.6. The molecule has 11 heteroatoms. The van der Waals surface area contributed by atoms with E-state index in [1.54, 1.807) is 6.07 Å². The molecule has 204 valence electrons. The van der Waals surface area contributed by atoms with Crippen molar-refractivity contribution in [2.75, 3.05) is 13.7 Å². The number of benzene rings is 1. The molecule has 5 atom stereocenters. The smallest absolute Gasteiger partial charge is 0.255 e. The molecule has 4 aliphatic rings. The first-order valence-electron chi connectivity index (χ1n) is 12.8. The number of aliphatic hydroxyl groups is 3. The molecule has 8 N–H and O–H groups in total. The lowest BCUT2D eigenvalue weighted by Gasteiger charge is -2.48. The Kier molecular flexibility index (Phi) is 6.08. The van der Waals surface area contributed by atoms with Gasteiger partial charge in [0.1, 0.15) is 28.6 Å². The number of carbonyl (C=O) groups is 3. The highest BCUT2D eigenvalue weighted by atomic mass is 16.5. The number of ketones is 2. The van der Waals surface area contributed by atoms with Gasteiger partial charge in [-0.2, -0.15) is 0 Å². The zero-order chi connectivity index (χ0) is 27.8. The highest BCUT2D eigenvalue weighted by Crippen LogP contribution is 2.54. The van der Waals surface area contributed by atoms with Gasteiger partial charge in [0.05, 0.1) is 18.7 Å². The molecule has 1 aromatic rings. The van der Waals surface area contributed by atoms with E-state index < -0.39 is 58.0 Å². The van der Waals surface area contributed by atoms with Gasteiger partial charge in [0, 0.05) is 34.7 Å². The topological polar surface area (TPSA) is 197 Å². The highest BCUT2D eigenvalue weighted by molar-refractivity contribution is 6.24. The third-order valence-corrected chi connectivity index (χ3v) is 8.75. The Bertz CT molecular complexity index is 1330. The zero-order valence-electron chi connectivity index (χ0n) is 21.5. The van der Waals surface area contributed by atoms with Gasteiger partial charge in [0.15, 0.2) is 11.4 Å². The van der Waals surface area contributed by atoms with E-state index >= 15 is 0 Å². The number of amides is 1. The second-order valence-electron chi connectivity index (χ2n) is 10.9. The largest absolute Gasteiger partial charge is 0.508 e. The number of primary amides is 1. The van der Waals surface area contributed by atoms with Crippen molar-refractivity contribution < 1.29 is 39.5 Å². The Labute approximate surface area is 219 Å². The van der Waals surface area contributed by atoms with Crippen LogP contribution in [0.1, 0.15) is 55.8 Å². The summed E-state index contributed by atoms with van der Waals surface area (Å²) in [5.41, 5.74) is 8.75. The minimum absolute atomic E-state index is 0.00885. The van der Waals surface area contributed by atoms with Crippen molar-refractivity contribution in [3.8, 4) is 11.5 Å². The van der Waals surface area contributed by atoms with E-state index in [-0.39, 0.29) is 41.8 Å². The number of likely N-dealkylation sites (tertiary alicyclic amines) is 1. The van der Waals surface area contributed by atoms with Gasteiger partial charge in [-0.3, -0.25) is 19.3 Å². The fourth-order valence-electron chi connectivity index (χ4n) is 7.02. The zero-order valence-corrected chi connectivity index (χ0v) is 21.5. The number of hydrogen-bond acceptors (Lipinski definition) is 10. The number of rotatable bonds is 4. The molecule has 2 fully saturated rings. The van der Waals surface area contributed by atoms with Crippen LogP contribution < -0.4 is 16.2 Å². The number of phenolic OH excluding ortho intramolecular Hbond substituents is 1. The number of methoxy groups -OCH3 is 1. The lowest BCUT2D eigenvalue weighted by atomic mass is 9.58. The van der Waals surface area contributed by atoms with Crippen molar-refractivity contribution in [1.82, 2.24) is 4.90 Å². The molecule has 11 nitrogen and oxygen atoms in total. The van der Waals surface area contributed by atoms with Crippen LogP contribution in [-0.2, 0) is 20.8 Å². The number of Topliss-reactive ketones (excluding diaryl/α,β-unsaturated/α-hetero) is 2. The first-order chi connectivity index (χ1) is 17.9. The number of phenols is 1. The molecule has 3 aliphatic carbocycles. The molecular weight excluding hydrogens is 494 g/mol. The standard InChI is InChI=1S/C27H33N3O8/c1-10(2)30-6-4-5-15(30)12-9-16(31)18-13(23(12)38-3)7-11-8-14-20(28)22(33)19(26(29)36)25(35)27(14,37)24(34)17(11)21(18)32/h9-11,14-15,20,31-32,35,37H,4-8,28H2,1-3H3,(H2,29,36)/t11-,14-,15-,20-,27-/m0/s1. The number of aliphatic hydroxyl groups excluding tert-OH is 2. The number of nitrogens with two attached hydrogens (primary N) is 2. The molecule has 0 bridgehead atoms. The van der Waals surface area contributed by atoms with Crippen molar-refractivity contribution >= 4 is 23.2 Å². The fraction of sp³-hybridized carbons (Fsp3) is 0.519. The molecule has 0 unspecified atom stereocenters. The Morgan fingerprint density at radius 2 is 1.92 bits per heavy atom. The van der Waals surface area contributed by atoms with Crippen molar-refractivity contribution in [3.63, 3.8) is 0 Å². The lowest BCUT2D eigenvalue weighted by molar-refractivity contribution is -0.149. The minimum atomic E-state index is -2.73. The monoisotopic (exact) mass is 527 g/mol. The van der Waals surface area contributed by atoms with Gasteiger partial charge >= 0.3 is 0 Å². The molecule has 38 heavy (non-hydrogen) atoms. The predicted octanol–water partition coefficient (Wildman–Crippen LogP) is 0.915. The third-order valence-electron chi connectivity index (χ3n) is 8.75. The predicted molar refractivity (Wildman–Crippen MR) is 135 cm³/mol. The average molecular weight is 528 g/mol. The summed E-state index contributed by atoms with van der Waals surface area (Å²) in [7, 11) is 1.51. The molecule has 0 spiro atoms. The number of carbonyl (C=O) groups excluding carboxylic acids is 3. The van der Waals surface area contributed by atoms with Gasteiger partial charge in [-0.25, -0.2) is 0 Å². The fourth-order valence-corrected chi connectivity index (χ4v) is 7.02. The van der Waals surface area contributed by atoms with Crippen LogP contribution in [0, 0.1) is 11.8 Å². The molecule has 0 radical (unpaired) electrons. The summed E-state index contributed by atoms with van der Waals surface area (Å²) in [6, 6.07) is 0.316. The summed E-state index contributed by atoms with van der Waals surface area (Å²) in [5.74, 6) is -6.80. The van der Waals surface area contributed by atoms with Gasteiger partial charge in [-0.15, -0.1) is 0 Å². The van der Waals surface area contributed by atoms with Crippen LogP contribution in [0.3, 0.4) is 0 Å². The Hall–Kier alpha value is -3.41. The Morgan fingerprint density at radius 1 is 1.24 bits per heavy atom. The third kappa shape index (κ3) is 3.35. The molecule has 1 saturated heterocycles. The van der Waals surface area contributed by atoms with E-state index in [1.165, 1.54) is 7.11 Å². The maximum Gasteiger partial charge on any atom is 0.255 e. The van der Waals surface area contributed by atoms with E-state index in [4.69, 9.17) is 16.2 Å². The maximum absolute atomic E-state index is 13.7. The van der Waals surface area contributed by atoms with Gasteiger partial charge in [-0.05, 0) is 58.1 Å². The van der Waals surface area contributed by atoms with Gasteiger partial charge < -0.3 is 36.6 Å². The summed E-state index contributed by atoms with van der Waals surface area (Å²) in [6.07, 6.45) is 1.94. The summed E-state index contributed by atoms with van der Waals surface area (Å²) in [4.78, 5) is 40.7. The summed E-state index contributed by atoms with van der Waals surface area (Å²) >= 11 is 0. The Morgan fingerprint density at radius 3 is 2.53 bits per heavy atom. The van der Waals surface area contributed by atoms with E-state index in [1.807, 2.05) is 0 Å². The van der Waals surface area contributed by atoms with E-state index in [0.29, 0.717) is 11.3 Å². The molecule has 1 heterocycles. The second-order valence-corrected chi connectivity index (χ2v) is 10.9. The van der Waals surface area contributed by atoms with Crippen molar-refractivity contribution in [2.24, 2.45) is 23.3 Å². The maximum atomic E-state index is 13.7. The molecule has 1 aliphatic heterocycles. The molecular formula is C27H33N3O8. The van der Waals surface area contributed by atoms with Crippen LogP contribution in [0.2, 0.25) is 0 Å². The highest BCUT2D eigenvalue weighted by Gasteiger charge is 2.63. The lowest BCUT2D eigenvalue weighted by Crippen LogP contribution is -2.65. The van der Waals surface area contributed by atoms with Gasteiger partial charge in [-0.1, -0.05) is 0 Å². The SMILES string of the molecule is COc1c([C@@H]2CCCN2C(C)C)cc(O)c2c1C[C@H]1C[C@H]3[C@H](N)C(=O)C(C(N)=O)=C(O)[C@@]3(O)C(=O)C1=C2O. The number of fused-ring (bicyclic) bond motifs is 3. The average Bonchev–Trinajstić information content (AvgIpc) is 3.34. The first-order valence-corrected chi connectivity index (χ1v) is 12.8. The van der Waals surface area contributed by atoms with Crippen LogP contribution >= 0.6 is 0 Å². The summed E-state index contributed by atoms with van der Waals surface area (Å²) in [6.45, 7) is 5.09. The van der Waals surface area contributed by atoms with Crippen LogP contribution in [0.4, 0.5) is 0 Å². The van der Waals surface area contributed by atoms with E-state index in [2.05, 4.69) is 18.7 Å². The number of ether oxygens (including phenoxy) is 1. The normalized spacial score (nSPS) is 31.4. The molecule has 5 rings (SSSR count). The number of nitrogens with zero attached hydrogens (tertiary/aromatic N) is 1. The van der Waals surface area contributed by atoms with Crippen molar-refractivity contribution in [2.45, 2.75) is 63.3 Å². The van der Waals surface area contributed by atoms with E-state index in [9.17, 15) is 34.8 Å². The summed E-state index contributed by atoms with van der Waals surface area (Å²) < 4.78 is 5.83. The Balaban J connectivity index is 1.69. The molecule has 1 saturated carbocycles. The minimum Gasteiger partial charge on any atom is -0.508 e. The van der Waals surface area contributed by atoms with Gasteiger partial charge in [0.2, 0.25) is 5.78 Å². The van der Waals surface area contributed by atoms with Crippen LogP contribution in [0.25, 0.3) is 5.76 Å². The van der Waals surface area contributed by atoms with Crippen LogP contribution in [-0.4, -0.2) is 74.1 Å². The van der Waals surface area contributed by atoms with E-state index in [0.717, 1.165) is 24.9 Å². The van der Waals surface area contributed by atoms with Crippen molar-refractivity contribution in [3.05, 3.63) is 39.7 Å². The first kappa shape index (κ1) is 26.2. The van der Waals surface area contributed by atoms with Crippen LogP contribution in [0.5, 0.6) is 11.5 Å². The number of aromatic hydroxyl groups is 1. The van der Waals surface area contributed by atoms with Gasteiger partial charge in [0.25, 0.3) is 5.91 Å². The molecule has 1 amide bonds. The number of hydrogen-bond donors (Lipinski definition) is 6. The second kappa shape index (κ2) is 8.82. The van der Waals surface area contributed by atoms with Crippen LogP contribution in [0.15, 0.2) is 23.0 Å². The molecule has 1 aromatic carbocycles. The molecule has 0 aromatic heterocycles. The van der Waals surface area contributed by atoms with Crippen molar-refractivity contribution in [1.29, 1.82) is 0 Å².